The number of fused-ring (bicyclic) bond motifs is 1. The molecule has 0 fully saturated rings. The molecule has 0 aromatic heterocycles. The molecule has 0 radical (unpaired) electrons. The third-order valence-corrected chi connectivity index (χ3v) is 5.71. The fourth-order valence-electron chi connectivity index (χ4n) is 3.45. The lowest BCUT2D eigenvalue weighted by Crippen LogP contribution is -2.33. The summed E-state index contributed by atoms with van der Waals surface area (Å²) in [7, 11) is 3.01. The van der Waals surface area contributed by atoms with Crippen LogP contribution in [-0.2, 0) is 9.59 Å². The Labute approximate surface area is 215 Å². The van der Waals surface area contributed by atoms with Crippen LogP contribution in [0.5, 0.6) is 11.5 Å². The Morgan fingerprint density at radius 2 is 1.72 bits per heavy atom. The van der Waals surface area contributed by atoms with Crippen molar-refractivity contribution in [1.29, 1.82) is 0 Å². The number of hydrogen-bond donors (Lipinski definition) is 3. The molecule has 1 heterocycles. The van der Waals surface area contributed by atoms with E-state index in [2.05, 4.69) is 37.1 Å². The number of methoxy groups -OCH3 is 2. The molecule has 36 heavy (non-hydrogen) atoms. The maximum atomic E-state index is 13.1. The number of rotatable bonds is 7. The standard InChI is InChI=1S/C26H21BrN4O5/c1-35-21-11-8-15(13-22(21)36-2)12-20(29-24(32)16-6-4-3-5-7-16)25(33)31-30-23-18-14-17(27)9-10-19(18)28-26(23)34/h3-14H,1-2H3,(H,29,32)(H,31,33)(H,28,30,34)/b20-12-. The Kier molecular flexibility index (Phi) is 7.45. The lowest BCUT2D eigenvalue weighted by Gasteiger charge is -2.11. The molecule has 0 spiro atoms. The molecule has 182 valence electrons. The fraction of sp³-hybridized carbons (Fsp3) is 0.0769. The molecule has 0 unspecified atom stereocenters. The van der Waals surface area contributed by atoms with E-state index >= 15 is 0 Å². The van der Waals surface area contributed by atoms with Gasteiger partial charge in [0.2, 0.25) is 0 Å². The van der Waals surface area contributed by atoms with Gasteiger partial charge in [-0.1, -0.05) is 40.2 Å². The number of benzene rings is 3. The van der Waals surface area contributed by atoms with Crippen LogP contribution in [0.1, 0.15) is 21.5 Å². The van der Waals surface area contributed by atoms with Crippen LogP contribution in [0.4, 0.5) is 5.69 Å². The zero-order chi connectivity index (χ0) is 25.7. The lowest BCUT2D eigenvalue weighted by atomic mass is 10.1. The van der Waals surface area contributed by atoms with Crippen molar-refractivity contribution in [2.45, 2.75) is 0 Å². The number of anilines is 1. The smallest absolute Gasteiger partial charge is 0.287 e. The number of nitrogens with one attached hydrogen (secondary N) is 3. The highest BCUT2D eigenvalue weighted by atomic mass is 79.9. The van der Waals surface area contributed by atoms with Crippen LogP contribution in [0.25, 0.3) is 6.08 Å². The predicted molar refractivity (Wildman–Crippen MR) is 139 cm³/mol. The lowest BCUT2D eigenvalue weighted by molar-refractivity contribution is -0.117. The topological polar surface area (TPSA) is 118 Å². The van der Waals surface area contributed by atoms with E-state index in [-0.39, 0.29) is 11.4 Å². The van der Waals surface area contributed by atoms with Gasteiger partial charge < -0.3 is 20.1 Å². The number of amides is 3. The SMILES string of the molecule is COc1ccc(/C=C(\NC(=O)c2ccccc2)C(=O)N/N=C2\C(=O)Nc3ccc(Br)cc32)cc1OC. The molecule has 0 atom stereocenters. The van der Waals surface area contributed by atoms with Gasteiger partial charge in [-0.05, 0) is 54.1 Å². The summed E-state index contributed by atoms with van der Waals surface area (Å²) >= 11 is 3.37. The van der Waals surface area contributed by atoms with E-state index in [1.165, 1.54) is 20.3 Å². The Morgan fingerprint density at radius 1 is 0.972 bits per heavy atom. The monoisotopic (exact) mass is 548 g/mol. The Hall–Kier alpha value is -4.44. The summed E-state index contributed by atoms with van der Waals surface area (Å²) in [6.07, 6.45) is 1.47. The average Bonchev–Trinajstić information content (AvgIpc) is 3.21. The van der Waals surface area contributed by atoms with Crippen molar-refractivity contribution < 1.29 is 23.9 Å². The summed E-state index contributed by atoms with van der Waals surface area (Å²) in [6, 6.07) is 18.7. The summed E-state index contributed by atoms with van der Waals surface area (Å²) < 4.78 is 11.3. The molecule has 3 amide bonds. The number of carbonyl (C=O) groups is 3. The minimum Gasteiger partial charge on any atom is -0.493 e. The van der Waals surface area contributed by atoms with Gasteiger partial charge in [0.1, 0.15) is 5.70 Å². The van der Waals surface area contributed by atoms with Gasteiger partial charge in [0.25, 0.3) is 17.7 Å². The van der Waals surface area contributed by atoms with Gasteiger partial charge in [-0.2, -0.15) is 5.10 Å². The van der Waals surface area contributed by atoms with E-state index in [1.54, 1.807) is 66.7 Å². The van der Waals surface area contributed by atoms with Crippen molar-refractivity contribution in [3.05, 3.63) is 93.6 Å². The van der Waals surface area contributed by atoms with Crippen molar-refractivity contribution >= 4 is 51.1 Å². The molecular weight excluding hydrogens is 528 g/mol. The van der Waals surface area contributed by atoms with Crippen LogP contribution in [-0.4, -0.2) is 37.7 Å². The van der Waals surface area contributed by atoms with E-state index in [0.29, 0.717) is 33.9 Å². The second kappa shape index (κ2) is 10.9. The zero-order valence-corrected chi connectivity index (χ0v) is 20.9. The highest BCUT2D eigenvalue weighted by molar-refractivity contribution is 9.10. The molecule has 3 aromatic rings. The van der Waals surface area contributed by atoms with E-state index < -0.39 is 17.7 Å². The van der Waals surface area contributed by atoms with Gasteiger partial charge in [-0.3, -0.25) is 14.4 Å². The highest BCUT2D eigenvalue weighted by Gasteiger charge is 2.27. The maximum absolute atomic E-state index is 13.1. The first-order valence-corrected chi connectivity index (χ1v) is 11.5. The largest absolute Gasteiger partial charge is 0.493 e. The predicted octanol–water partition coefficient (Wildman–Crippen LogP) is 3.71. The number of nitrogens with zero attached hydrogens (tertiary/aromatic N) is 1. The summed E-state index contributed by atoms with van der Waals surface area (Å²) in [5.74, 6) is -0.708. The summed E-state index contributed by atoms with van der Waals surface area (Å²) in [6.45, 7) is 0. The van der Waals surface area contributed by atoms with Crippen LogP contribution in [0.2, 0.25) is 0 Å². The van der Waals surface area contributed by atoms with Crippen molar-refractivity contribution in [2.75, 3.05) is 19.5 Å². The quantitative estimate of drug-likeness (QED) is 0.307. The fourth-order valence-corrected chi connectivity index (χ4v) is 3.82. The molecule has 9 nitrogen and oxygen atoms in total. The summed E-state index contributed by atoms with van der Waals surface area (Å²) in [5.41, 5.74) is 4.37. The normalized spacial score (nSPS) is 13.6. The second-order valence-electron chi connectivity index (χ2n) is 7.54. The van der Waals surface area contributed by atoms with Crippen molar-refractivity contribution in [3.63, 3.8) is 0 Å². The highest BCUT2D eigenvalue weighted by Crippen LogP contribution is 2.29. The zero-order valence-electron chi connectivity index (χ0n) is 19.3. The average molecular weight is 549 g/mol. The van der Waals surface area contributed by atoms with Crippen molar-refractivity contribution in [1.82, 2.24) is 10.7 Å². The van der Waals surface area contributed by atoms with Gasteiger partial charge in [0.05, 0.1) is 19.9 Å². The Morgan fingerprint density at radius 3 is 2.44 bits per heavy atom. The number of hydrazone groups is 1. The molecule has 1 aliphatic heterocycles. The van der Waals surface area contributed by atoms with E-state index in [4.69, 9.17) is 9.47 Å². The van der Waals surface area contributed by atoms with Crippen LogP contribution < -0.4 is 25.5 Å². The Balaban J connectivity index is 1.65. The van der Waals surface area contributed by atoms with E-state index in [9.17, 15) is 14.4 Å². The molecule has 1 aliphatic rings. The minimum atomic E-state index is -0.724. The first-order chi connectivity index (χ1) is 17.4. The van der Waals surface area contributed by atoms with Crippen LogP contribution in [0.15, 0.2) is 82.0 Å². The number of hydrogen-bond acceptors (Lipinski definition) is 6. The summed E-state index contributed by atoms with van der Waals surface area (Å²) in [5, 5.41) is 9.35. The first-order valence-electron chi connectivity index (χ1n) is 10.7. The third kappa shape index (κ3) is 5.44. The van der Waals surface area contributed by atoms with E-state index in [0.717, 1.165) is 4.47 Å². The minimum absolute atomic E-state index is 0.0412. The van der Waals surface area contributed by atoms with Gasteiger partial charge in [0, 0.05) is 15.6 Å². The maximum Gasteiger partial charge on any atom is 0.287 e. The third-order valence-electron chi connectivity index (χ3n) is 5.22. The van der Waals surface area contributed by atoms with Gasteiger partial charge in [0.15, 0.2) is 17.2 Å². The molecular formula is C26H21BrN4O5. The van der Waals surface area contributed by atoms with Crippen LogP contribution in [0.3, 0.4) is 0 Å². The first kappa shape index (κ1) is 24.7. The molecule has 3 N–H and O–H groups in total. The molecule has 0 saturated heterocycles. The van der Waals surface area contributed by atoms with Crippen molar-refractivity contribution in [2.24, 2.45) is 5.10 Å². The number of halogens is 1. The van der Waals surface area contributed by atoms with E-state index in [1.807, 2.05) is 0 Å². The number of ether oxygens (including phenoxy) is 2. The molecule has 0 aliphatic carbocycles. The van der Waals surface area contributed by atoms with Crippen molar-refractivity contribution in [3.8, 4) is 11.5 Å². The molecule has 3 aromatic carbocycles. The Bertz CT molecular complexity index is 1400. The van der Waals surface area contributed by atoms with Crippen LogP contribution in [0, 0.1) is 0 Å². The van der Waals surface area contributed by atoms with Crippen LogP contribution >= 0.6 is 15.9 Å². The molecule has 0 bridgehead atoms. The van der Waals surface area contributed by atoms with Gasteiger partial charge in [-0.15, -0.1) is 0 Å². The molecule has 0 saturated carbocycles. The number of carbonyl (C=O) groups excluding carboxylic acids is 3. The second-order valence-corrected chi connectivity index (χ2v) is 8.45. The van der Waals surface area contributed by atoms with Gasteiger partial charge in [-0.25, -0.2) is 5.43 Å². The summed E-state index contributed by atoms with van der Waals surface area (Å²) in [4.78, 5) is 38.3. The van der Waals surface area contributed by atoms with Gasteiger partial charge >= 0.3 is 0 Å². The molecule has 10 heteroatoms. The molecule has 4 rings (SSSR count).